The normalized spacial score (nSPS) is 26.0. The van der Waals surface area contributed by atoms with Gasteiger partial charge in [0.1, 0.15) is 0 Å². The van der Waals surface area contributed by atoms with E-state index in [1.54, 1.807) is 0 Å². The molecular weight excluding hydrogens is 276 g/mol. The van der Waals surface area contributed by atoms with Crippen molar-refractivity contribution in [2.45, 2.75) is 77.7 Å². The average Bonchev–Trinajstić information content (AvgIpc) is 2.36. The lowest BCUT2D eigenvalue weighted by Gasteiger charge is -2.52. The molecule has 0 radical (unpaired) electrons. The highest BCUT2D eigenvalue weighted by molar-refractivity contribution is 6.83. The first-order valence-electron chi connectivity index (χ1n) is 8.07. The van der Waals surface area contributed by atoms with Crippen LogP contribution in [0.4, 0.5) is 0 Å². The molecule has 1 N–H and O–H groups in total. The van der Waals surface area contributed by atoms with Crippen LogP contribution in [0.15, 0.2) is 23.8 Å². The zero-order valence-corrected chi connectivity index (χ0v) is 16.6. The molecule has 1 aliphatic rings. The van der Waals surface area contributed by atoms with Gasteiger partial charge in [-0.15, -0.1) is 0 Å². The number of aliphatic hydroxyl groups excluding tert-OH is 1. The molecule has 124 valence electrons. The molecule has 2 nitrogen and oxygen atoms in total. The Morgan fingerprint density at radius 3 is 2.05 bits per heavy atom. The van der Waals surface area contributed by atoms with E-state index in [1.807, 2.05) is 26.8 Å². The molecule has 0 saturated heterocycles. The highest BCUT2D eigenvalue weighted by atomic mass is 28.3. The van der Waals surface area contributed by atoms with Crippen LogP contribution in [0.2, 0.25) is 23.2 Å². The number of hydrogen-bond donors (Lipinski definition) is 1. The minimum absolute atomic E-state index is 0.0654. The minimum atomic E-state index is -1.61. The molecule has 0 amide bonds. The first-order valence-corrected chi connectivity index (χ1v) is 11.1. The number of hydrogen-bond acceptors (Lipinski definition) is 2. The molecule has 0 aromatic rings. The van der Waals surface area contributed by atoms with E-state index in [0.29, 0.717) is 0 Å². The third kappa shape index (κ3) is 4.54. The molecule has 0 aromatic heterocycles. The zero-order valence-electron chi connectivity index (χ0n) is 15.6. The fraction of sp³-hybridized carbons (Fsp3) is 0.778. The van der Waals surface area contributed by atoms with E-state index >= 15 is 0 Å². The van der Waals surface area contributed by atoms with Crippen LogP contribution < -0.4 is 0 Å². The van der Waals surface area contributed by atoms with E-state index in [-0.39, 0.29) is 16.2 Å². The molecule has 0 bridgehead atoms. The summed E-state index contributed by atoms with van der Waals surface area (Å²) in [6, 6.07) is 0. The summed E-state index contributed by atoms with van der Waals surface area (Å²) in [5.41, 5.74) is 1.09. The van der Waals surface area contributed by atoms with Crippen LogP contribution in [0, 0.1) is 0 Å². The van der Waals surface area contributed by atoms with Gasteiger partial charge in [0.25, 0.3) is 0 Å². The van der Waals surface area contributed by atoms with Crippen molar-refractivity contribution in [3.8, 4) is 0 Å². The zero-order chi connectivity index (χ0) is 16.9. The molecule has 0 aromatic carbocycles. The van der Waals surface area contributed by atoms with E-state index in [4.69, 9.17) is 4.74 Å². The Morgan fingerprint density at radius 1 is 1.24 bits per heavy atom. The summed E-state index contributed by atoms with van der Waals surface area (Å²) in [7, 11) is -1.61. The van der Waals surface area contributed by atoms with Gasteiger partial charge in [-0.25, -0.2) is 0 Å². The highest BCUT2D eigenvalue weighted by Gasteiger charge is 2.53. The van der Waals surface area contributed by atoms with Gasteiger partial charge in [0, 0.05) is 18.3 Å². The van der Waals surface area contributed by atoms with Crippen LogP contribution in [0.5, 0.6) is 0 Å². The maximum Gasteiger partial charge on any atom is 0.0814 e. The van der Waals surface area contributed by atoms with Gasteiger partial charge in [-0.05, 0) is 31.4 Å². The van der Waals surface area contributed by atoms with Crippen molar-refractivity contribution in [2.75, 3.05) is 13.2 Å². The maximum absolute atomic E-state index is 10.5. The van der Waals surface area contributed by atoms with Crippen LogP contribution in [0.25, 0.3) is 0 Å². The quantitative estimate of drug-likeness (QED) is 0.728. The number of ether oxygens (including phenoxy) is 1. The first-order chi connectivity index (χ1) is 9.45. The molecule has 0 heterocycles. The summed E-state index contributed by atoms with van der Waals surface area (Å²) < 4.78 is 4.83. The van der Waals surface area contributed by atoms with Crippen LogP contribution in [0.1, 0.15) is 48.5 Å². The second kappa shape index (κ2) is 7.75. The van der Waals surface area contributed by atoms with Crippen molar-refractivity contribution >= 4 is 8.07 Å². The Morgan fingerprint density at radius 2 is 1.71 bits per heavy atom. The summed E-state index contributed by atoms with van der Waals surface area (Å²) in [6.07, 6.45) is 6.04. The van der Waals surface area contributed by atoms with Gasteiger partial charge in [0.2, 0.25) is 0 Å². The van der Waals surface area contributed by atoms with E-state index in [0.717, 1.165) is 18.8 Å². The average molecular weight is 313 g/mol. The summed E-state index contributed by atoms with van der Waals surface area (Å²) >= 11 is 0. The fourth-order valence-corrected chi connectivity index (χ4v) is 5.66. The SMILES string of the molecule is CC1=CC=CC(C)([Si](C)(C)C(C)(C)C)C1O.CCOCC. The number of allylic oxidation sites excluding steroid dienone is 2. The first kappa shape index (κ1) is 20.6. The summed E-state index contributed by atoms with van der Waals surface area (Å²) in [4.78, 5) is 0. The summed E-state index contributed by atoms with van der Waals surface area (Å²) in [5, 5.41) is 10.7. The molecule has 2 unspecified atom stereocenters. The molecule has 3 heteroatoms. The van der Waals surface area contributed by atoms with Crippen molar-refractivity contribution in [3.05, 3.63) is 23.8 Å². The minimum Gasteiger partial charge on any atom is -0.388 e. The Bertz CT molecular complexity index is 375. The van der Waals surface area contributed by atoms with Gasteiger partial charge in [0.05, 0.1) is 14.2 Å². The lowest BCUT2D eigenvalue weighted by atomic mass is 9.92. The van der Waals surface area contributed by atoms with E-state index in [2.05, 4.69) is 52.9 Å². The molecular formula is C18H36O2Si. The Labute approximate surface area is 133 Å². The van der Waals surface area contributed by atoms with E-state index in [9.17, 15) is 5.11 Å². The van der Waals surface area contributed by atoms with Crippen LogP contribution >= 0.6 is 0 Å². The molecule has 0 fully saturated rings. The van der Waals surface area contributed by atoms with Crippen molar-refractivity contribution in [2.24, 2.45) is 0 Å². The van der Waals surface area contributed by atoms with Crippen LogP contribution in [-0.2, 0) is 4.74 Å². The molecule has 0 aliphatic heterocycles. The van der Waals surface area contributed by atoms with Crippen molar-refractivity contribution < 1.29 is 9.84 Å². The van der Waals surface area contributed by atoms with Gasteiger partial charge in [0.15, 0.2) is 0 Å². The number of rotatable bonds is 3. The smallest absolute Gasteiger partial charge is 0.0814 e. The van der Waals surface area contributed by atoms with E-state index < -0.39 is 8.07 Å². The van der Waals surface area contributed by atoms with Crippen molar-refractivity contribution in [3.63, 3.8) is 0 Å². The lowest BCUT2D eigenvalue weighted by Crippen LogP contribution is -2.53. The Hall–Kier alpha value is -0.383. The molecule has 0 spiro atoms. The fourth-order valence-electron chi connectivity index (χ4n) is 2.62. The summed E-state index contributed by atoms with van der Waals surface area (Å²) in [6.45, 7) is 21.6. The molecule has 2 atom stereocenters. The highest BCUT2D eigenvalue weighted by Crippen LogP contribution is 2.56. The van der Waals surface area contributed by atoms with Gasteiger partial charge < -0.3 is 9.84 Å². The topological polar surface area (TPSA) is 29.5 Å². The Balaban J connectivity index is 0.000000690. The monoisotopic (exact) mass is 312 g/mol. The predicted octanol–water partition coefficient (Wildman–Crippen LogP) is 5.18. The van der Waals surface area contributed by atoms with Gasteiger partial charge in [-0.1, -0.05) is 59.0 Å². The van der Waals surface area contributed by atoms with Crippen LogP contribution in [0.3, 0.4) is 0 Å². The van der Waals surface area contributed by atoms with Gasteiger partial charge >= 0.3 is 0 Å². The molecule has 0 saturated carbocycles. The summed E-state index contributed by atoms with van der Waals surface area (Å²) in [5.74, 6) is 0. The molecule has 21 heavy (non-hydrogen) atoms. The van der Waals surface area contributed by atoms with Gasteiger partial charge in [-0.3, -0.25) is 0 Å². The van der Waals surface area contributed by atoms with Crippen molar-refractivity contribution in [1.82, 2.24) is 0 Å². The predicted molar refractivity (Wildman–Crippen MR) is 96.6 cm³/mol. The van der Waals surface area contributed by atoms with Crippen molar-refractivity contribution in [1.29, 1.82) is 0 Å². The van der Waals surface area contributed by atoms with Crippen LogP contribution in [-0.4, -0.2) is 32.5 Å². The largest absolute Gasteiger partial charge is 0.388 e. The molecule has 1 aliphatic carbocycles. The third-order valence-electron chi connectivity index (χ3n) is 5.43. The standard InChI is InChI=1S/C14H26OSi.C4H10O/c1-11-9-8-10-14(5,12(11)15)16(6,7)13(2,3)4;1-3-5-4-2/h8-10,12,15H,1-7H3;3-4H2,1-2H3. The Kier molecular flexibility index (Phi) is 7.61. The third-order valence-corrected chi connectivity index (χ3v) is 12.3. The lowest BCUT2D eigenvalue weighted by molar-refractivity contribution is 0.162. The molecule has 1 rings (SSSR count). The van der Waals surface area contributed by atoms with Gasteiger partial charge in [-0.2, -0.15) is 0 Å². The second-order valence-corrected chi connectivity index (χ2v) is 13.4. The maximum atomic E-state index is 10.5. The second-order valence-electron chi connectivity index (χ2n) is 7.61. The number of aliphatic hydroxyl groups is 1. The van der Waals surface area contributed by atoms with E-state index in [1.165, 1.54) is 0 Å².